The maximum absolute atomic E-state index is 11.6. The minimum absolute atomic E-state index is 0.118. The molecule has 1 atom stereocenters. The molecule has 0 amide bonds. The van der Waals surface area contributed by atoms with E-state index in [0.717, 1.165) is 6.42 Å². The van der Waals surface area contributed by atoms with Crippen LogP contribution in [0.3, 0.4) is 0 Å². The quantitative estimate of drug-likeness (QED) is 0.539. The molecule has 2 aromatic rings. The van der Waals surface area contributed by atoms with E-state index in [1.807, 2.05) is 43.3 Å². The summed E-state index contributed by atoms with van der Waals surface area (Å²) in [5.41, 5.74) is 1.25. The number of ether oxygens (including phenoxy) is 1. The minimum Gasteiger partial charge on any atom is -0.466 e. The molecule has 1 unspecified atom stereocenters. The molecule has 0 spiro atoms. The number of rotatable bonds is 7. The lowest BCUT2D eigenvalue weighted by atomic mass is 10.1. The van der Waals surface area contributed by atoms with E-state index in [0.29, 0.717) is 13.0 Å². The van der Waals surface area contributed by atoms with Crippen LogP contribution < -0.4 is 0 Å². The van der Waals surface area contributed by atoms with Gasteiger partial charge in [-0.15, -0.1) is 11.8 Å². The number of benzene rings is 2. The SMILES string of the molecule is CCOC(=O)CCC(Sc1ccccc1)c1ccccc1. The molecule has 0 aromatic heterocycles. The van der Waals surface area contributed by atoms with Crippen LogP contribution in [0.15, 0.2) is 65.6 Å². The highest BCUT2D eigenvalue weighted by molar-refractivity contribution is 7.99. The van der Waals surface area contributed by atoms with Gasteiger partial charge in [-0.1, -0.05) is 48.5 Å². The van der Waals surface area contributed by atoms with Gasteiger partial charge in [-0.3, -0.25) is 4.79 Å². The highest BCUT2D eigenvalue weighted by atomic mass is 32.2. The molecule has 0 radical (unpaired) electrons. The van der Waals surface area contributed by atoms with E-state index >= 15 is 0 Å². The van der Waals surface area contributed by atoms with Crippen LogP contribution in [0.5, 0.6) is 0 Å². The van der Waals surface area contributed by atoms with Crippen molar-refractivity contribution >= 4 is 17.7 Å². The number of esters is 1. The van der Waals surface area contributed by atoms with Crippen molar-refractivity contribution in [2.75, 3.05) is 6.61 Å². The van der Waals surface area contributed by atoms with E-state index in [9.17, 15) is 4.79 Å². The van der Waals surface area contributed by atoms with E-state index in [1.165, 1.54) is 10.5 Å². The van der Waals surface area contributed by atoms with Crippen LogP contribution in [0.25, 0.3) is 0 Å². The second-order valence-corrected chi connectivity index (χ2v) is 5.95. The Morgan fingerprint density at radius 2 is 1.67 bits per heavy atom. The summed E-state index contributed by atoms with van der Waals surface area (Å²) >= 11 is 1.79. The number of carbonyl (C=O) groups is 1. The van der Waals surface area contributed by atoms with Crippen molar-refractivity contribution in [2.45, 2.75) is 29.9 Å². The zero-order valence-electron chi connectivity index (χ0n) is 12.2. The number of carbonyl (C=O) groups excluding carboxylic acids is 1. The van der Waals surface area contributed by atoms with Crippen LogP contribution in [0, 0.1) is 0 Å². The second-order valence-electron chi connectivity index (χ2n) is 4.67. The Morgan fingerprint density at radius 3 is 2.29 bits per heavy atom. The molecule has 0 heterocycles. The maximum atomic E-state index is 11.6. The first-order valence-electron chi connectivity index (χ1n) is 7.22. The van der Waals surface area contributed by atoms with Gasteiger partial charge in [-0.25, -0.2) is 0 Å². The smallest absolute Gasteiger partial charge is 0.305 e. The molecule has 0 aliphatic carbocycles. The maximum Gasteiger partial charge on any atom is 0.305 e. The van der Waals surface area contributed by atoms with Gasteiger partial charge in [0.05, 0.1) is 6.61 Å². The molecule has 0 N–H and O–H groups in total. The summed E-state index contributed by atoms with van der Waals surface area (Å²) in [5, 5.41) is 0.262. The van der Waals surface area contributed by atoms with Gasteiger partial charge in [-0.2, -0.15) is 0 Å². The highest BCUT2D eigenvalue weighted by Gasteiger charge is 2.15. The summed E-state index contributed by atoms with van der Waals surface area (Å²) in [6.07, 6.45) is 1.23. The van der Waals surface area contributed by atoms with Gasteiger partial charge >= 0.3 is 5.97 Å². The van der Waals surface area contributed by atoms with Crippen molar-refractivity contribution in [1.29, 1.82) is 0 Å². The molecule has 3 heteroatoms. The minimum atomic E-state index is -0.118. The van der Waals surface area contributed by atoms with Crippen LogP contribution in [0.4, 0.5) is 0 Å². The molecule has 0 saturated heterocycles. The summed E-state index contributed by atoms with van der Waals surface area (Å²) in [5.74, 6) is -0.118. The lowest BCUT2D eigenvalue weighted by molar-refractivity contribution is -0.143. The molecule has 2 rings (SSSR count). The Labute approximate surface area is 130 Å². The third-order valence-corrected chi connectivity index (χ3v) is 4.45. The van der Waals surface area contributed by atoms with Crippen molar-refractivity contribution < 1.29 is 9.53 Å². The van der Waals surface area contributed by atoms with Crippen LogP contribution in [-0.4, -0.2) is 12.6 Å². The van der Waals surface area contributed by atoms with Gasteiger partial charge in [0.2, 0.25) is 0 Å². The molecule has 21 heavy (non-hydrogen) atoms. The molecule has 0 aliphatic heterocycles. The van der Waals surface area contributed by atoms with Crippen LogP contribution in [-0.2, 0) is 9.53 Å². The van der Waals surface area contributed by atoms with Crippen LogP contribution in [0.2, 0.25) is 0 Å². The molecule has 0 aliphatic rings. The molecule has 0 bridgehead atoms. The normalized spacial score (nSPS) is 11.9. The zero-order valence-corrected chi connectivity index (χ0v) is 13.0. The molecule has 2 aromatic carbocycles. The van der Waals surface area contributed by atoms with E-state index in [2.05, 4.69) is 24.3 Å². The summed E-state index contributed by atoms with van der Waals surface area (Å²) in [7, 11) is 0. The Hall–Kier alpha value is -1.74. The van der Waals surface area contributed by atoms with Gasteiger partial charge in [0, 0.05) is 16.6 Å². The average Bonchev–Trinajstić information content (AvgIpc) is 2.53. The standard InChI is InChI=1S/C18H20O2S/c1-2-20-18(19)14-13-17(15-9-5-3-6-10-15)21-16-11-7-4-8-12-16/h3-12,17H,2,13-14H2,1H3. The first kappa shape index (κ1) is 15.6. The summed E-state index contributed by atoms with van der Waals surface area (Å²) in [6.45, 7) is 2.28. The lowest BCUT2D eigenvalue weighted by Gasteiger charge is -2.16. The average molecular weight is 300 g/mol. The van der Waals surface area contributed by atoms with Gasteiger partial charge in [-0.05, 0) is 31.0 Å². The second kappa shape index (κ2) is 8.53. The monoisotopic (exact) mass is 300 g/mol. The number of hydrogen-bond donors (Lipinski definition) is 0. The van der Waals surface area contributed by atoms with Crippen molar-refractivity contribution in [1.82, 2.24) is 0 Å². The fourth-order valence-corrected chi connectivity index (χ4v) is 3.28. The van der Waals surface area contributed by atoms with Crippen molar-refractivity contribution in [3.63, 3.8) is 0 Å². The van der Waals surface area contributed by atoms with E-state index in [4.69, 9.17) is 4.74 Å². The summed E-state index contributed by atoms with van der Waals surface area (Å²) < 4.78 is 5.03. The molecule has 0 fully saturated rings. The van der Waals surface area contributed by atoms with Gasteiger partial charge in [0.1, 0.15) is 0 Å². The zero-order chi connectivity index (χ0) is 14.9. The third-order valence-electron chi connectivity index (χ3n) is 3.11. The Balaban J connectivity index is 2.06. The fourth-order valence-electron chi connectivity index (χ4n) is 2.11. The Bertz CT molecular complexity index is 540. The van der Waals surface area contributed by atoms with E-state index in [1.54, 1.807) is 11.8 Å². The molecular formula is C18H20O2S. The van der Waals surface area contributed by atoms with E-state index in [-0.39, 0.29) is 11.2 Å². The predicted molar refractivity (Wildman–Crippen MR) is 87.3 cm³/mol. The predicted octanol–water partition coefficient (Wildman–Crippen LogP) is 4.86. The first-order chi connectivity index (χ1) is 10.3. The Morgan fingerprint density at radius 1 is 1.05 bits per heavy atom. The van der Waals surface area contributed by atoms with E-state index < -0.39 is 0 Å². The van der Waals surface area contributed by atoms with Crippen LogP contribution in [0.1, 0.15) is 30.6 Å². The number of hydrogen-bond acceptors (Lipinski definition) is 3. The van der Waals surface area contributed by atoms with Gasteiger partial charge in [0.25, 0.3) is 0 Å². The largest absolute Gasteiger partial charge is 0.466 e. The molecule has 110 valence electrons. The summed E-state index contributed by atoms with van der Waals surface area (Å²) in [6, 6.07) is 20.6. The first-order valence-corrected chi connectivity index (χ1v) is 8.10. The van der Waals surface area contributed by atoms with Crippen molar-refractivity contribution in [3.8, 4) is 0 Å². The van der Waals surface area contributed by atoms with Crippen molar-refractivity contribution in [2.24, 2.45) is 0 Å². The molecular weight excluding hydrogens is 280 g/mol. The third kappa shape index (κ3) is 5.27. The molecule has 2 nitrogen and oxygen atoms in total. The van der Waals surface area contributed by atoms with Crippen molar-refractivity contribution in [3.05, 3.63) is 66.2 Å². The highest BCUT2D eigenvalue weighted by Crippen LogP contribution is 2.38. The summed E-state index contributed by atoms with van der Waals surface area (Å²) in [4.78, 5) is 12.8. The van der Waals surface area contributed by atoms with Crippen LogP contribution >= 0.6 is 11.8 Å². The fraction of sp³-hybridized carbons (Fsp3) is 0.278. The topological polar surface area (TPSA) is 26.3 Å². The Kier molecular flexibility index (Phi) is 6.35. The molecule has 0 saturated carbocycles. The lowest BCUT2D eigenvalue weighted by Crippen LogP contribution is -2.06. The number of thioether (sulfide) groups is 1. The van der Waals surface area contributed by atoms with Gasteiger partial charge in [0.15, 0.2) is 0 Å². The van der Waals surface area contributed by atoms with Gasteiger partial charge < -0.3 is 4.74 Å².